The van der Waals surface area contributed by atoms with Gasteiger partial charge in [-0.1, -0.05) is 18.1 Å². The van der Waals surface area contributed by atoms with Gasteiger partial charge in [0.25, 0.3) is 5.91 Å². The van der Waals surface area contributed by atoms with Crippen LogP contribution in [-0.2, 0) is 13.0 Å². The number of thiophene rings is 1. The van der Waals surface area contributed by atoms with Crippen LogP contribution in [0.4, 0.5) is 5.69 Å². The number of rotatable bonds is 5. The molecule has 1 aliphatic heterocycles. The maximum Gasteiger partial charge on any atom is 0.264 e. The Hall–Kier alpha value is -2.80. The van der Waals surface area contributed by atoms with Crippen LogP contribution in [-0.4, -0.2) is 24.3 Å². The second-order valence-electron chi connectivity index (χ2n) is 6.21. The second kappa shape index (κ2) is 7.44. The van der Waals surface area contributed by atoms with Crippen LogP contribution in [0.3, 0.4) is 0 Å². The number of benzene rings is 1. The van der Waals surface area contributed by atoms with E-state index in [2.05, 4.69) is 5.16 Å². The molecule has 0 saturated carbocycles. The molecule has 7 heteroatoms. The van der Waals surface area contributed by atoms with E-state index in [-0.39, 0.29) is 5.91 Å². The van der Waals surface area contributed by atoms with Crippen molar-refractivity contribution in [1.82, 2.24) is 5.16 Å². The van der Waals surface area contributed by atoms with Gasteiger partial charge in [-0.3, -0.25) is 4.79 Å². The Labute approximate surface area is 161 Å². The van der Waals surface area contributed by atoms with Crippen LogP contribution in [0.1, 0.15) is 33.6 Å². The van der Waals surface area contributed by atoms with Crippen LogP contribution < -0.4 is 14.4 Å². The third-order valence-corrected chi connectivity index (χ3v) is 5.32. The van der Waals surface area contributed by atoms with Crippen molar-refractivity contribution in [3.8, 4) is 11.5 Å². The maximum absolute atomic E-state index is 13.5. The Bertz CT molecular complexity index is 949. The highest BCUT2D eigenvalue weighted by atomic mass is 32.1. The third-order valence-electron chi connectivity index (χ3n) is 4.46. The molecular formula is C20H20N2O4S. The predicted molar refractivity (Wildman–Crippen MR) is 103 cm³/mol. The molecule has 0 spiro atoms. The minimum atomic E-state index is -0.129. The summed E-state index contributed by atoms with van der Waals surface area (Å²) in [5.41, 5.74) is 1.95. The second-order valence-corrected chi connectivity index (χ2v) is 7.24. The normalized spacial score (nSPS) is 12.8. The van der Waals surface area contributed by atoms with Crippen molar-refractivity contribution in [1.29, 1.82) is 0 Å². The first-order valence-corrected chi connectivity index (χ1v) is 9.74. The lowest BCUT2D eigenvalue weighted by molar-refractivity contribution is 0.0983. The number of fused-ring (bicyclic) bond motifs is 1. The molecule has 0 unspecified atom stereocenters. The summed E-state index contributed by atoms with van der Waals surface area (Å²) in [6.07, 6.45) is 0.631. The molecule has 0 fully saturated rings. The van der Waals surface area contributed by atoms with Crippen LogP contribution in [0.2, 0.25) is 0 Å². The Morgan fingerprint density at radius 3 is 2.78 bits per heavy atom. The Morgan fingerprint density at radius 2 is 2.04 bits per heavy atom. The summed E-state index contributed by atoms with van der Waals surface area (Å²) in [6.45, 7) is 5.22. The molecule has 4 rings (SSSR count). The van der Waals surface area contributed by atoms with E-state index >= 15 is 0 Å². The van der Waals surface area contributed by atoms with E-state index in [0.29, 0.717) is 54.7 Å². The quantitative estimate of drug-likeness (QED) is 0.659. The van der Waals surface area contributed by atoms with Gasteiger partial charge in [0.05, 0.1) is 12.2 Å². The maximum atomic E-state index is 13.5. The molecule has 0 saturated heterocycles. The lowest BCUT2D eigenvalue weighted by atomic mass is 10.1. The van der Waals surface area contributed by atoms with Crippen LogP contribution in [0.5, 0.6) is 11.5 Å². The van der Waals surface area contributed by atoms with Crippen LogP contribution in [0.25, 0.3) is 0 Å². The van der Waals surface area contributed by atoms with Crippen molar-refractivity contribution in [2.45, 2.75) is 26.8 Å². The van der Waals surface area contributed by atoms with E-state index in [0.717, 1.165) is 10.6 Å². The van der Waals surface area contributed by atoms with Crippen LogP contribution >= 0.6 is 11.3 Å². The summed E-state index contributed by atoms with van der Waals surface area (Å²) >= 11 is 1.61. The standard InChI is InChI=1S/C20H20N2O4S/c1-3-16-19(13(2)26-21-16)20(23)22(12-15-5-4-10-27-15)14-6-7-17-18(11-14)25-9-8-24-17/h4-7,10-11H,3,8-9,12H2,1-2H3. The van der Waals surface area contributed by atoms with Gasteiger partial charge in [0, 0.05) is 16.6 Å². The number of ether oxygens (including phenoxy) is 2. The Kier molecular flexibility index (Phi) is 4.85. The van der Waals surface area contributed by atoms with Gasteiger partial charge in [-0.05, 0) is 36.9 Å². The van der Waals surface area contributed by atoms with Crippen molar-refractivity contribution < 1.29 is 18.8 Å². The monoisotopic (exact) mass is 384 g/mol. The molecule has 0 atom stereocenters. The minimum Gasteiger partial charge on any atom is -0.486 e. The zero-order valence-corrected chi connectivity index (χ0v) is 16.0. The topological polar surface area (TPSA) is 64.8 Å². The number of carbonyl (C=O) groups excluding carboxylic acids is 1. The van der Waals surface area contributed by atoms with E-state index in [9.17, 15) is 4.79 Å². The molecule has 3 aromatic rings. The average Bonchev–Trinajstić information content (AvgIpc) is 3.34. The largest absolute Gasteiger partial charge is 0.486 e. The molecule has 0 N–H and O–H groups in total. The first-order chi connectivity index (χ1) is 13.2. The molecule has 27 heavy (non-hydrogen) atoms. The Balaban J connectivity index is 1.75. The molecular weight excluding hydrogens is 364 g/mol. The fraction of sp³-hybridized carbons (Fsp3) is 0.300. The molecule has 0 bridgehead atoms. The van der Waals surface area contributed by atoms with Gasteiger partial charge in [0.1, 0.15) is 24.5 Å². The number of nitrogens with zero attached hydrogens (tertiary/aromatic N) is 2. The van der Waals surface area contributed by atoms with E-state index in [4.69, 9.17) is 14.0 Å². The van der Waals surface area contributed by atoms with E-state index < -0.39 is 0 Å². The lowest BCUT2D eigenvalue weighted by Crippen LogP contribution is -2.31. The SMILES string of the molecule is CCc1noc(C)c1C(=O)N(Cc1cccs1)c1ccc2c(c1)OCCO2. The van der Waals surface area contributed by atoms with Gasteiger partial charge in [-0.2, -0.15) is 0 Å². The van der Waals surface area contributed by atoms with Gasteiger partial charge < -0.3 is 18.9 Å². The first kappa shape index (κ1) is 17.6. The van der Waals surface area contributed by atoms with E-state index in [1.54, 1.807) is 23.2 Å². The number of carbonyl (C=O) groups is 1. The summed E-state index contributed by atoms with van der Waals surface area (Å²) in [7, 11) is 0. The van der Waals surface area contributed by atoms with Crippen molar-refractivity contribution in [2.24, 2.45) is 0 Å². The van der Waals surface area contributed by atoms with Crippen molar-refractivity contribution in [2.75, 3.05) is 18.1 Å². The van der Waals surface area contributed by atoms with Crippen LogP contribution in [0, 0.1) is 6.92 Å². The van der Waals surface area contributed by atoms with Gasteiger partial charge in [0.2, 0.25) is 0 Å². The summed E-state index contributed by atoms with van der Waals surface area (Å²) in [6, 6.07) is 9.58. The van der Waals surface area contributed by atoms with E-state index in [1.165, 1.54) is 0 Å². The fourth-order valence-electron chi connectivity index (χ4n) is 3.11. The lowest BCUT2D eigenvalue weighted by Gasteiger charge is -2.25. The molecule has 1 aromatic carbocycles. The van der Waals surface area contributed by atoms with Crippen LogP contribution in [0.15, 0.2) is 40.2 Å². The summed E-state index contributed by atoms with van der Waals surface area (Å²) in [4.78, 5) is 16.3. The molecule has 1 aliphatic rings. The minimum absolute atomic E-state index is 0.129. The number of amides is 1. The summed E-state index contributed by atoms with van der Waals surface area (Å²) < 4.78 is 16.6. The number of hydrogen-bond donors (Lipinski definition) is 0. The summed E-state index contributed by atoms with van der Waals surface area (Å²) in [5, 5.41) is 6.04. The highest BCUT2D eigenvalue weighted by Gasteiger charge is 2.27. The average molecular weight is 384 g/mol. The molecule has 140 valence electrons. The fourth-order valence-corrected chi connectivity index (χ4v) is 3.80. The smallest absolute Gasteiger partial charge is 0.264 e. The molecule has 2 aromatic heterocycles. The zero-order valence-electron chi connectivity index (χ0n) is 15.2. The van der Waals surface area contributed by atoms with Crippen molar-refractivity contribution in [3.63, 3.8) is 0 Å². The highest BCUT2D eigenvalue weighted by Crippen LogP contribution is 2.35. The predicted octanol–water partition coefficient (Wildman–Crippen LogP) is 4.23. The molecule has 6 nitrogen and oxygen atoms in total. The van der Waals surface area contributed by atoms with Gasteiger partial charge in [-0.15, -0.1) is 11.3 Å². The van der Waals surface area contributed by atoms with E-state index in [1.807, 2.05) is 42.6 Å². The first-order valence-electron chi connectivity index (χ1n) is 8.86. The zero-order chi connectivity index (χ0) is 18.8. The molecule has 3 heterocycles. The van der Waals surface area contributed by atoms with Crippen molar-refractivity contribution in [3.05, 3.63) is 57.6 Å². The number of hydrogen-bond acceptors (Lipinski definition) is 6. The number of anilines is 1. The van der Waals surface area contributed by atoms with Gasteiger partial charge >= 0.3 is 0 Å². The Morgan fingerprint density at radius 1 is 1.22 bits per heavy atom. The molecule has 0 aliphatic carbocycles. The summed E-state index contributed by atoms with van der Waals surface area (Å²) in [5.74, 6) is 1.76. The number of aryl methyl sites for hydroxylation is 2. The van der Waals surface area contributed by atoms with Gasteiger partial charge in [0.15, 0.2) is 11.5 Å². The molecule has 1 amide bonds. The third kappa shape index (κ3) is 3.42. The highest BCUT2D eigenvalue weighted by molar-refractivity contribution is 7.09. The van der Waals surface area contributed by atoms with Crippen molar-refractivity contribution >= 4 is 22.9 Å². The molecule has 0 radical (unpaired) electrons. The number of aromatic nitrogens is 1. The van der Waals surface area contributed by atoms with Gasteiger partial charge in [-0.25, -0.2) is 0 Å².